The predicted octanol–water partition coefficient (Wildman–Crippen LogP) is 3.67. The molecule has 2 aromatic carbocycles. The molecule has 0 radical (unpaired) electrons. The smallest absolute Gasteiger partial charge is 0.153 e. The molecule has 0 atom stereocenters. The Morgan fingerprint density at radius 3 is 1.85 bits per heavy atom. The van der Waals surface area contributed by atoms with Crippen LogP contribution in [-0.4, -0.2) is 18.0 Å². The van der Waals surface area contributed by atoms with Crippen LogP contribution < -0.4 is 5.73 Å². The van der Waals surface area contributed by atoms with Crippen molar-refractivity contribution in [2.24, 2.45) is 10.7 Å². The van der Waals surface area contributed by atoms with Gasteiger partial charge in [-0.25, -0.2) is 0 Å². The third-order valence-electron chi connectivity index (χ3n) is 3.58. The molecule has 0 fully saturated rings. The minimum Gasteiger partial charge on any atom is -0.379 e. The number of nitrogens with two attached hydrogens (primary N) is 1. The van der Waals surface area contributed by atoms with E-state index < -0.39 is 0 Å². The van der Waals surface area contributed by atoms with E-state index in [2.05, 4.69) is 60.4 Å². The fourth-order valence-corrected chi connectivity index (χ4v) is 2.46. The number of benzene rings is 2. The molecule has 0 aliphatic rings. The van der Waals surface area contributed by atoms with Crippen LogP contribution in [0.25, 0.3) is 0 Å². The second kappa shape index (κ2) is 6.62. The zero-order valence-electron chi connectivity index (χ0n) is 11.9. The molecule has 0 spiro atoms. The molecule has 0 saturated carbocycles. The van der Waals surface area contributed by atoms with Gasteiger partial charge in [-0.3, -0.25) is 4.99 Å². The van der Waals surface area contributed by atoms with Gasteiger partial charge >= 0.3 is 0 Å². The van der Waals surface area contributed by atoms with E-state index in [1.165, 1.54) is 22.9 Å². The second-order valence-electron chi connectivity index (χ2n) is 4.92. The molecule has 0 aromatic heterocycles. The van der Waals surface area contributed by atoms with Crippen LogP contribution in [0.1, 0.15) is 18.1 Å². The molecule has 2 nitrogen and oxygen atoms in total. The third kappa shape index (κ3) is 3.23. The first-order valence-electron chi connectivity index (χ1n) is 6.62. The number of rotatable bonds is 4. The summed E-state index contributed by atoms with van der Waals surface area (Å²) in [5.41, 5.74) is 8.19. The maximum Gasteiger partial charge on any atom is 0.153 e. The summed E-state index contributed by atoms with van der Waals surface area (Å²) in [6.45, 7) is 2.86. The first-order chi connectivity index (χ1) is 9.66. The highest BCUT2D eigenvalue weighted by Gasteiger charge is 2.28. The highest BCUT2D eigenvalue weighted by atomic mass is 32.2. The molecule has 0 saturated heterocycles. The van der Waals surface area contributed by atoms with Gasteiger partial charge in [0.2, 0.25) is 0 Å². The van der Waals surface area contributed by atoms with Crippen molar-refractivity contribution in [2.75, 3.05) is 12.8 Å². The molecule has 104 valence electrons. The minimum absolute atomic E-state index is 0.164. The Kier molecular flexibility index (Phi) is 4.85. The summed E-state index contributed by atoms with van der Waals surface area (Å²) in [5.74, 6) is 0. The number of thioether (sulfide) groups is 1. The van der Waals surface area contributed by atoms with Crippen LogP contribution in [0.3, 0.4) is 0 Å². The molecule has 0 amide bonds. The van der Waals surface area contributed by atoms with Crippen LogP contribution in [0.4, 0.5) is 0 Å². The lowest BCUT2D eigenvalue weighted by atomic mass is 9.76. The Morgan fingerprint density at radius 1 is 1.00 bits per heavy atom. The van der Waals surface area contributed by atoms with Crippen molar-refractivity contribution in [3.63, 3.8) is 0 Å². The zero-order valence-corrected chi connectivity index (χ0v) is 12.7. The molecular weight excluding hydrogens is 264 g/mol. The average Bonchev–Trinajstić information content (AvgIpc) is 2.54. The van der Waals surface area contributed by atoms with Gasteiger partial charge in [0, 0.05) is 5.41 Å². The van der Waals surface area contributed by atoms with E-state index in [9.17, 15) is 0 Å². The monoisotopic (exact) mass is 284 g/mol. The first-order valence-corrected chi connectivity index (χ1v) is 7.84. The topological polar surface area (TPSA) is 38.4 Å². The van der Waals surface area contributed by atoms with E-state index in [-0.39, 0.29) is 5.41 Å². The van der Waals surface area contributed by atoms with Gasteiger partial charge in [-0.05, 0) is 24.3 Å². The van der Waals surface area contributed by atoms with E-state index in [0.717, 1.165) is 0 Å². The van der Waals surface area contributed by atoms with E-state index in [1.807, 2.05) is 18.4 Å². The van der Waals surface area contributed by atoms with Crippen molar-refractivity contribution in [1.82, 2.24) is 0 Å². The summed E-state index contributed by atoms with van der Waals surface area (Å²) in [6.07, 6.45) is 1.95. The van der Waals surface area contributed by atoms with Gasteiger partial charge in [0.25, 0.3) is 0 Å². The van der Waals surface area contributed by atoms with Crippen LogP contribution >= 0.6 is 11.8 Å². The lowest BCUT2D eigenvalue weighted by Crippen LogP contribution is -2.28. The van der Waals surface area contributed by atoms with E-state index >= 15 is 0 Å². The molecule has 20 heavy (non-hydrogen) atoms. The lowest BCUT2D eigenvalue weighted by Gasteiger charge is -2.29. The maximum atomic E-state index is 5.85. The first kappa shape index (κ1) is 14.7. The molecule has 0 heterocycles. The van der Waals surface area contributed by atoms with Crippen LogP contribution in [0.5, 0.6) is 0 Å². The van der Waals surface area contributed by atoms with Crippen molar-refractivity contribution in [2.45, 2.75) is 12.3 Å². The zero-order chi connectivity index (χ0) is 14.4. The van der Waals surface area contributed by atoms with Gasteiger partial charge in [-0.2, -0.15) is 0 Å². The fraction of sp³-hybridized carbons (Fsp3) is 0.235. The molecule has 0 unspecified atom stereocenters. The van der Waals surface area contributed by atoms with Gasteiger partial charge in [0.05, 0.1) is 6.54 Å². The highest BCUT2D eigenvalue weighted by Crippen LogP contribution is 2.32. The summed E-state index contributed by atoms with van der Waals surface area (Å²) in [5, 5.41) is 0.628. The van der Waals surface area contributed by atoms with Gasteiger partial charge in [-0.15, -0.1) is 0 Å². The lowest BCUT2D eigenvalue weighted by molar-refractivity contribution is 0.586. The molecule has 0 bridgehead atoms. The highest BCUT2D eigenvalue weighted by molar-refractivity contribution is 8.13. The Morgan fingerprint density at radius 2 is 1.45 bits per heavy atom. The Balaban J connectivity index is 2.44. The molecule has 2 rings (SSSR count). The van der Waals surface area contributed by atoms with Gasteiger partial charge in [0.1, 0.15) is 0 Å². The Bertz CT molecular complexity index is 525. The summed E-state index contributed by atoms with van der Waals surface area (Å²) in [7, 11) is 0. The summed E-state index contributed by atoms with van der Waals surface area (Å²) in [4.78, 5) is 4.52. The second-order valence-corrected chi connectivity index (χ2v) is 5.75. The summed E-state index contributed by atoms with van der Waals surface area (Å²) < 4.78 is 0. The summed E-state index contributed by atoms with van der Waals surface area (Å²) >= 11 is 1.48. The van der Waals surface area contributed by atoms with Crippen molar-refractivity contribution < 1.29 is 0 Å². The van der Waals surface area contributed by atoms with Crippen molar-refractivity contribution in [3.05, 3.63) is 71.8 Å². The van der Waals surface area contributed by atoms with Gasteiger partial charge in [0.15, 0.2) is 5.17 Å². The van der Waals surface area contributed by atoms with Crippen molar-refractivity contribution in [3.8, 4) is 0 Å². The third-order valence-corrected chi connectivity index (χ3v) is 4.13. The van der Waals surface area contributed by atoms with Crippen LogP contribution in [0.15, 0.2) is 65.7 Å². The summed E-state index contributed by atoms with van der Waals surface area (Å²) in [6, 6.07) is 20.9. The standard InChI is InChI=1S/C17H20N2S/c1-17(13-19-16(18)20-2,14-9-5-3-6-10-14)15-11-7-4-8-12-15/h3-12H,13H2,1-2H3,(H2,18,19). The Labute approximate surface area is 125 Å². The maximum absolute atomic E-state index is 5.85. The molecule has 2 N–H and O–H groups in total. The normalized spacial score (nSPS) is 12.4. The molecule has 3 heteroatoms. The SMILES string of the molecule is CSC(N)=NCC(C)(c1ccccc1)c1ccccc1. The van der Waals surface area contributed by atoms with E-state index in [4.69, 9.17) is 5.73 Å². The van der Waals surface area contributed by atoms with Crippen molar-refractivity contribution >= 4 is 16.9 Å². The van der Waals surface area contributed by atoms with Crippen LogP contribution in [0, 0.1) is 0 Å². The van der Waals surface area contributed by atoms with Crippen LogP contribution in [0.2, 0.25) is 0 Å². The van der Waals surface area contributed by atoms with Crippen LogP contribution in [-0.2, 0) is 5.41 Å². The van der Waals surface area contributed by atoms with Crippen molar-refractivity contribution in [1.29, 1.82) is 0 Å². The van der Waals surface area contributed by atoms with Gasteiger partial charge in [-0.1, -0.05) is 72.4 Å². The molecule has 0 aliphatic heterocycles. The molecular formula is C17H20N2S. The number of nitrogens with zero attached hydrogens (tertiary/aromatic N) is 1. The largest absolute Gasteiger partial charge is 0.379 e. The Hall–Kier alpha value is -1.74. The number of hydrogen-bond acceptors (Lipinski definition) is 2. The number of hydrogen-bond donors (Lipinski definition) is 1. The van der Waals surface area contributed by atoms with E-state index in [1.54, 1.807) is 0 Å². The quantitative estimate of drug-likeness (QED) is 0.687. The average molecular weight is 284 g/mol. The minimum atomic E-state index is -0.164. The fourth-order valence-electron chi connectivity index (χ4n) is 2.26. The van der Waals surface area contributed by atoms with Gasteiger partial charge < -0.3 is 5.73 Å². The molecule has 0 aliphatic carbocycles. The number of amidine groups is 1. The van der Waals surface area contributed by atoms with E-state index in [0.29, 0.717) is 11.7 Å². The number of aliphatic imine (C=N–C) groups is 1. The predicted molar refractivity (Wildman–Crippen MR) is 89.3 cm³/mol. The molecule has 2 aromatic rings.